The maximum Gasteiger partial charge on any atom is 0.346 e. The van der Waals surface area contributed by atoms with Crippen molar-refractivity contribution >= 4 is 40.3 Å². The molecule has 1 heterocycles. The summed E-state index contributed by atoms with van der Waals surface area (Å²) in [6.07, 6.45) is 0. The second-order valence-electron chi connectivity index (χ2n) is 4.54. The van der Waals surface area contributed by atoms with Gasteiger partial charge >= 0.3 is 11.9 Å². The van der Waals surface area contributed by atoms with Crippen LogP contribution in [0.25, 0.3) is 10.8 Å². The summed E-state index contributed by atoms with van der Waals surface area (Å²) in [5, 5.41) is 1.05. The van der Waals surface area contributed by atoms with Gasteiger partial charge in [0.2, 0.25) is 5.96 Å². The van der Waals surface area contributed by atoms with E-state index in [1.807, 2.05) is 0 Å². The second-order valence-corrected chi connectivity index (χ2v) is 4.54. The first-order valence-corrected chi connectivity index (χ1v) is 6.23. The van der Waals surface area contributed by atoms with Gasteiger partial charge in [0.05, 0.1) is 16.8 Å². The molecule has 0 radical (unpaired) electrons. The molecule has 3 rings (SSSR count). The Labute approximate surface area is 124 Å². The number of hydrogen-bond acceptors (Lipinski definition) is 4. The number of nitrogens with two attached hydrogens (primary N) is 3. The number of cyclic esters (lactones) is 2. The van der Waals surface area contributed by atoms with Crippen LogP contribution < -0.4 is 17.2 Å². The highest BCUT2D eigenvalue weighted by Gasteiger charge is 2.27. The van der Waals surface area contributed by atoms with Gasteiger partial charge in [-0.3, -0.25) is 0 Å². The number of rotatable bonds is 1. The molecule has 0 aliphatic carbocycles. The first-order chi connectivity index (χ1) is 10.5. The molecule has 2 aromatic carbocycles. The van der Waals surface area contributed by atoms with Crippen molar-refractivity contribution in [1.82, 2.24) is 0 Å². The Morgan fingerprint density at radius 2 is 1.64 bits per heavy atom. The van der Waals surface area contributed by atoms with Crippen molar-refractivity contribution in [1.29, 1.82) is 0 Å². The van der Waals surface area contributed by atoms with Crippen molar-refractivity contribution < 1.29 is 14.3 Å². The highest BCUT2D eigenvalue weighted by molar-refractivity contribution is 6.22. The maximum absolute atomic E-state index is 11.8. The van der Waals surface area contributed by atoms with Crippen LogP contribution in [0.3, 0.4) is 0 Å². The molecule has 0 unspecified atom stereocenters. The molecule has 6 N–H and O–H groups in total. The van der Waals surface area contributed by atoms with Gasteiger partial charge in [-0.2, -0.15) is 4.99 Å². The Balaban J connectivity index is 2.29. The van der Waals surface area contributed by atoms with Crippen molar-refractivity contribution in [2.24, 2.45) is 27.2 Å². The minimum Gasteiger partial charge on any atom is -0.386 e. The zero-order valence-electron chi connectivity index (χ0n) is 11.2. The molecule has 2 aromatic rings. The summed E-state index contributed by atoms with van der Waals surface area (Å²) in [5.74, 6) is -1.74. The summed E-state index contributed by atoms with van der Waals surface area (Å²) in [6.45, 7) is 0. The molecule has 8 nitrogen and oxygen atoms in total. The molecule has 0 fully saturated rings. The molecule has 1 aliphatic heterocycles. The van der Waals surface area contributed by atoms with Crippen LogP contribution in [0.5, 0.6) is 0 Å². The smallest absolute Gasteiger partial charge is 0.346 e. The van der Waals surface area contributed by atoms with Crippen LogP contribution in [0.2, 0.25) is 0 Å². The molecule has 0 amide bonds. The molecular formula is C14H11N5O3. The minimum absolute atomic E-state index is 0.134. The highest BCUT2D eigenvalue weighted by Crippen LogP contribution is 2.34. The van der Waals surface area contributed by atoms with Gasteiger partial charge in [0, 0.05) is 10.8 Å². The molecule has 22 heavy (non-hydrogen) atoms. The molecule has 0 aromatic heterocycles. The highest BCUT2D eigenvalue weighted by atomic mass is 16.6. The van der Waals surface area contributed by atoms with Gasteiger partial charge in [-0.05, 0) is 18.2 Å². The number of carbonyl (C=O) groups excluding carboxylic acids is 2. The first-order valence-electron chi connectivity index (χ1n) is 6.23. The lowest BCUT2D eigenvalue weighted by Gasteiger charge is -2.16. The zero-order valence-corrected chi connectivity index (χ0v) is 11.2. The molecule has 0 bridgehead atoms. The molecule has 8 heteroatoms. The zero-order chi connectivity index (χ0) is 15.9. The van der Waals surface area contributed by atoms with E-state index in [-0.39, 0.29) is 11.9 Å². The van der Waals surface area contributed by atoms with Crippen molar-refractivity contribution in [3.05, 3.63) is 41.5 Å². The Morgan fingerprint density at radius 3 is 2.32 bits per heavy atom. The van der Waals surface area contributed by atoms with Gasteiger partial charge in [-0.15, -0.1) is 0 Å². The molecule has 0 saturated heterocycles. The van der Waals surface area contributed by atoms with E-state index in [0.717, 1.165) is 0 Å². The summed E-state index contributed by atoms with van der Waals surface area (Å²) in [7, 11) is 0. The minimum atomic E-state index is -0.693. The molecule has 0 atom stereocenters. The monoisotopic (exact) mass is 297 g/mol. The van der Waals surface area contributed by atoms with Crippen molar-refractivity contribution in [3.8, 4) is 0 Å². The topological polar surface area (TPSA) is 146 Å². The summed E-state index contributed by atoms with van der Waals surface area (Å²) >= 11 is 0. The summed E-state index contributed by atoms with van der Waals surface area (Å²) in [4.78, 5) is 31.3. The van der Waals surface area contributed by atoms with E-state index in [9.17, 15) is 9.59 Å². The predicted molar refractivity (Wildman–Crippen MR) is 80.8 cm³/mol. The average molecular weight is 297 g/mol. The molecule has 0 spiro atoms. The van der Waals surface area contributed by atoms with Gasteiger partial charge in [0.15, 0.2) is 5.96 Å². The number of guanidine groups is 2. The van der Waals surface area contributed by atoms with Gasteiger partial charge in [-0.25, -0.2) is 14.6 Å². The average Bonchev–Trinajstić information content (AvgIpc) is 2.44. The standard InChI is InChI=1S/C14H11N5O3/c15-13(16)19-14(17)18-9-5-4-8-10-6(9)2-1-3-7(10)11(20)22-12(8)21/h1-5H,(H6,15,16,17,18,19). The summed E-state index contributed by atoms with van der Waals surface area (Å²) < 4.78 is 4.68. The van der Waals surface area contributed by atoms with Gasteiger partial charge < -0.3 is 21.9 Å². The normalized spacial score (nSPS) is 13.9. The number of carbonyl (C=O) groups is 2. The number of ether oxygens (including phenoxy) is 1. The Morgan fingerprint density at radius 1 is 0.955 bits per heavy atom. The number of nitrogens with zero attached hydrogens (tertiary/aromatic N) is 2. The van der Waals surface area contributed by atoms with E-state index < -0.39 is 11.9 Å². The van der Waals surface area contributed by atoms with Crippen LogP contribution in [-0.2, 0) is 4.74 Å². The van der Waals surface area contributed by atoms with E-state index in [2.05, 4.69) is 14.7 Å². The summed E-state index contributed by atoms with van der Waals surface area (Å²) in [5.41, 5.74) is 17.1. The van der Waals surface area contributed by atoms with Gasteiger partial charge in [-0.1, -0.05) is 12.1 Å². The van der Waals surface area contributed by atoms with E-state index in [1.54, 1.807) is 24.3 Å². The lowest BCUT2D eigenvalue weighted by Crippen LogP contribution is -2.26. The van der Waals surface area contributed by atoms with Crippen LogP contribution >= 0.6 is 0 Å². The van der Waals surface area contributed by atoms with Gasteiger partial charge in [0.1, 0.15) is 0 Å². The molecule has 0 saturated carbocycles. The van der Waals surface area contributed by atoms with Crippen molar-refractivity contribution in [2.45, 2.75) is 0 Å². The first kappa shape index (κ1) is 13.6. The molecule has 1 aliphatic rings. The van der Waals surface area contributed by atoms with Crippen LogP contribution in [0.1, 0.15) is 20.7 Å². The number of esters is 2. The third kappa shape index (κ3) is 2.12. The van der Waals surface area contributed by atoms with Crippen molar-refractivity contribution in [3.63, 3.8) is 0 Å². The van der Waals surface area contributed by atoms with Crippen LogP contribution in [0.4, 0.5) is 5.69 Å². The van der Waals surface area contributed by atoms with E-state index in [4.69, 9.17) is 17.2 Å². The van der Waals surface area contributed by atoms with E-state index in [1.165, 1.54) is 6.07 Å². The van der Waals surface area contributed by atoms with E-state index >= 15 is 0 Å². The largest absolute Gasteiger partial charge is 0.386 e. The maximum atomic E-state index is 11.8. The Bertz CT molecular complexity index is 861. The lowest BCUT2D eigenvalue weighted by molar-refractivity contribution is 0.0391. The lowest BCUT2D eigenvalue weighted by atomic mass is 9.96. The van der Waals surface area contributed by atoms with Gasteiger partial charge in [0.25, 0.3) is 0 Å². The fourth-order valence-corrected chi connectivity index (χ4v) is 2.30. The van der Waals surface area contributed by atoms with E-state index in [0.29, 0.717) is 27.6 Å². The van der Waals surface area contributed by atoms with Crippen molar-refractivity contribution in [2.75, 3.05) is 0 Å². The van der Waals surface area contributed by atoms with Crippen LogP contribution in [0, 0.1) is 0 Å². The number of benzene rings is 2. The predicted octanol–water partition coefficient (Wildman–Crippen LogP) is 0.370. The van der Waals surface area contributed by atoms with Crippen LogP contribution in [-0.4, -0.2) is 23.9 Å². The molecular weight excluding hydrogens is 286 g/mol. The third-order valence-corrected chi connectivity index (χ3v) is 3.12. The number of aliphatic imine (C=N–C) groups is 2. The fourth-order valence-electron chi connectivity index (χ4n) is 2.30. The quantitative estimate of drug-likeness (QED) is 0.300. The SMILES string of the molecule is NC(N)=NC(N)=Nc1ccc2c3c(cccc13)C(=O)OC2=O. The Kier molecular flexibility index (Phi) is 2.99. The second kappa shape index (κ2) is 4.85. The fraction of sp³-hybridized carbons (Fsp3) is 0. The third-order valence-electron chi connectivity index (χ3n) is 3.12. The Hall–Kier alpha value is -3.42. The van der Waals surface area contributed by atoms with Crippen LogP contribution in [0.15, 0.2) is 40.3 Å². The summed E-state index contributed by atoms with van der Waals surface area (Å²) in [6, 6.07) is 8.05. The molecule has 110 valence electrons. The number of hydrogen-bond donors (Lipinski definition) is 3.